The number of benzene rings is 2. The lowest BCUT2D eigenvalue weighted by Crippen LogP contribution is -1.90. The van der Waals surface area contributed by atoms with E-state index >= 15 is 0 Å². The van der Waals surface area contributed by atoms with Crippen LogP contribution in [0.25, 0.3) is 22.2 Å². The zero-order chi connectivity index (χ0) is 12.5. The van der Waals surface area contributed by atoms with E-state index in [0.717, 1.165) is 27.7 Å². The molecule has 0 spiro atoms. The summed E-state index contributed by atoms with van der Waals surface area (Å²) in [7, 11) is 0. The number of phenols is 1. The molecule has 88 valence electrons. The first kappa shape index (κ1) is 10.7. The fraction of sp³-hybridized carbons (Fsp3) is 0.0667. The molecule has 3 heteroatoms. The van der Waals surface area contributed by atoms with Crippen molar-refractivity contribution in [1.82, 2.24) is 9.97 Å². The molecule has 1 N–H and O–H groups in total. The van der Waals surface area contributed by atoms with Crippen LogP contribution < -0.4 is 0 Å². The van der Waals surface area contributed by atoms with Gasteiger partial charge in [0.1, 0.15) is 12.1 Å². The van der Waals surface area contributed by atoms with Crippen molar-refractivity contribution in [3.63, 3.8) is 0 Å². The van der Waals surface area contributed by atoms with Crippen molar-refractivity contribution in [3.05, 3.63) is 54.4 Å². The molecule has 18 heavy (non-hydrogen) atoms. The van der Waals surface area contributed by atoms with Gasteiger partial charge in [-0.15, -0.1) is 0 Å². The molecule has 0 unspecified atom stereocenters. The van der Waals surface area contributed by atoms with Crippen molar-refractivity contribution in [2.45, 2.75) is 6.92 Å². The van der Waals surface area contributed by atoms with E-state index < -0.39 is 0 Å². The third-order valence-corrected chi connectivity index (χ3v) is 2.99. The van der Waals surface area contributed by atoms with Crippen molar-refractivity contribution in [2.75, 3.05) is 0 Å². The van der Waals surface area contributed by atoms with Gasteiger partial charge in [0.15, 0.2) is 0 Å². The van der Waals surface area contributed by atoms with E-state index in [4.69, 9.17) is 0 Å². The molecule has 0 aliphatic heterocycles. The van der Waals surface area contributed by atoms with E-state index in [2.05, 4.69) is 9.97 Å². The smallest absolute Gasteiger partial charge is 0.116 e. The molecule has 0 radical (unpaired) electrons. The first-order valence-electron chi connectivity index (χ1n) is 5.75. The van der Waals surface area contributed by atoms with E-state index in [1.807, 2.05) is 37.3 Å². The van der Waals surface area contributed by atoms with Gasteiger partial charge in [-0.2, -0.15) is 0 Å². The maximum atomic E-state index is 9.56. The van der Waals surface area contributed by atoms with Crippen molar-refractivity contribution in [2.24, 2.45) is 0 Å². The molecule has 0 atom stereocenters. The first-order chi connectivity index (χ1) is 8.75. The van der Waals surface area contributed by atoms with Gasteiger partial charge < -0.3 is 5.11 Å². The second-order valence-corrected chi connectivity index (χ2v) is 4.24. The molecular weight excluding hydrogens is 224 g/mol. The van der Waals surface area contributed by atoms with Crippen LogP contribution in [0.15, 0.2) is 48.8 Å². The zero-order valence-corrected chi connectivity index (χ0v) is 9.96. The van der Waals surface area contributed by atoms with E-state index in [0.29, 0.717) is 0 Å². The molecule has 3 aromatic rings. The summed E-state index contributed by atoms with van der Waals surface area (Å²) in [4.78, 5) is 8.65. The highest BCUT2D eigenvalue weighted by atomic mass is 16.3. The van der Waals surface area contributed by atoms with E-state index in [1.165, 1.54) is 0 Å². The van der Waals surface area contributed by atoms with E-state index in [-0.39, 0.29) is 5.75 Å². The predicted molar refractivity (Wildman–Crippen MR) is 71.4 cm³/mol. The Balaban J connectivity index is 2.33. The third kappa shape index (κ3) is 1.70. The van der Waals surface area contributed by atoms with Gasteiger partial charge in [0, 0.05) is 10.9 Å². The van der Waals surface area contributed by atoms with Crippen LogP contribution in [-0.2, 0) is 0 Å². The summed E-state index contributed by atoms with van der Waals surface area (Å²) in [6, 6.07) is 13.1. The Labute approximate surface area is 105 Å². The minimum Gasteiger partial charge on any atom is -0.508 e. The minimum absolute atomic E-state index is 0.243. The van der Waals surface area contributed by atoms with Gasteiger partial charge in [-0.05, 0) is 24.6 Å². The van der Waals surface area contributed by atoms with E-state index in [9.17, 15) is 5.11 Å². The van der Waals surface area contributed by atoms with Gasteiger partial charge in [-0.25, -0.2) is 9.97 Å². The minimum atomic E-state index is 0.243. The van der Waals surface area contributed by atoms with Crippen molar-refractivity contribution < 1.29 is 5.11 Å². The topological polar surface area (TPSA) is 46.0 Å². The number of para-hydroxylation sites is 1. The van der Waals surface area contributed by atoms with Crippen molar-refractivity contribution in [3.8, 4) is 17.0 Å². The molecule has 3 nitrogen and oxygen atoms in total. The number of aromatic hydroxyl groups is 1. The fourth-order valence-corrected chi connectivity index (χ4v) is 2.12. The van der Waals surface area contributed by atoms with Gasteiger partial charge in [0.05, 0.1) is 11.2 Å². The Bertz CT molecular complexity index is 723. The largest absolute Gasteiger partial charge is 0.508 e. The molecule has 1 heterocycles. The number of aryl methyl sites for hydroxylation is 1. The lowest BCUT2D eigenvalue weighted by Gasteiger charge is -2.07. The summed E-state index contributed by atoms with van der Waals surface area (Å²) in [5.74, 6) is 0.243. The number of hydrogen-bond donors (Lipinski definition) is 1. The molecule has 0 amide bonds. The molecule has 0 saturated carbocycles. The summed E-state index contributed by atoms with van der Waals surface area (Å²) in [5, 5.41) is 10.6. The molecule has 0 fully saturated rings. The van der Waals surface area contributed by atoms with Crippen LogP contribution in [0, 0.1) is 6.92 Å². The number of fused-ring (bicyclic) bond motifs is 1. The Kier molecular flexibility index (Phi) is 2.45. The summed E-state index contributed by atoms with van der Waals surface area (Å²) < 4.78 is 0. The van der Waals surface area contributed by atoms with Crippen LogP contribution in [0.5, 0.6) is 5.75 Å². The molecule has 2 aromatic carbocycles. The van der Waals surface area contributed by atoms with Gasteiger partial charge in [0.2, 0.25) is 0 Å². The summed E-state index contributed by atoms with van der Waals surface area (Å²) in [6.07, 6.45) is 1.56. The maximum absolute atomic E-state index is 9.56. The standard InChI is InChI=1S/C15H12N2O/c1-10-4-2-7-13-14(10)16-9-17-15(13)11-5-3-6-12(18)8-11/h2-9,18H,1H3. The predicted octanol–water partition coefficient (Wildman–Crippen LogP) is 3.31. The number of nitrogens with zero attached hydrogens (tertiary/aromatic N) is 2. The van der Waals surface area contributed by atoms with Crippen LogP contribution in [0.4, 0.5) is 0 Å². The van der Waals surface area contributed by atoms with Crippen LogP contribution in [0.2, 0.25) is 0 Å². The Morgan fingerprint density at radius 2 is 1.83 bits per heavy atom. The van der Waals surface area contributed by atoms with Crippen LogP contribution in [-0.4, -0.2) is 15.1 Å². The quantitative estimate of drug-likeness (QED) is 0.705. The first-order valence-corrected chi connectivity index (χ1v) is 5.75. The lowest BCUT2D eigenvalue weighted by molar-refractivity contribution is 0.475. The van der Waals surface area contributed by atoms with Crippen molar-refractivity contribution >= 4 is 10.9 Å². The second-order valence-electron chi connectivity index (χ2n) is 4.24. The Hall–Kier alpha value is -2.42. The SMILES string of the molecule is Cc1cccc2c(-c3cccc(O)c3)ncnc12. The van der Waals surface area contributed by atoms with Crippen LogP contribution in [0.3, 0.4) is 0 Å². The highest BCUT2D eigenvalue weighted by Gasteiger charge is 2.07. The fourth-order valence-electron chi connectivity index (χ4n) is 2.12. The maximum Gasteiger partial charge on any atom is 0.116 e. The average molecular weight is 236 g/mol. The highest BCUT2D eigenvalue weighted by Crippen LogP contribution is 2.28. The molecule has 3 rings (SSSR count). The molecule has 0 aliphatic carbocycles. The summed E-state index contributed by atoms with van der Waals surface area (Å²) in [5.41, 5.74) is 3.81. The zero-order valence-electron chi connectivity index (χ0n) is 9.96. The molecule has 0 bridgehead atoms. The molecular formula is C15H12N2O. The number of aromatic nitrogens is 2. The van der Waals surface area contributed by atoms with Gasteiger partial charge in [-0.1, -0.05) is 30.3 Å². The van der Waals surface area contributed by atoms with Crippen LogP contribution in [0.1, 0.15) is 5.56 Å². The van der Waals surface area contributed by atoms with Gasteiger partial charge in [-0.3, -0.25) is 0 Å². The van der Waals surface area contributed by atoms with E-state index in [1.54, 1.807) is 18.5 Å². The average Bonchev–Trinajstić information content (AvgIpc) is 2.39. The van der Waals surface area contributed by atoms with Gasteiger partial charge in [0.25, 0.3) is 0 Å². The molecule has 0 aliphatic rings. The Morgan fingerprint density at radius 3 is 2.67 bits per heavy atom. The number of phenolic OH excluding ortho intramolecular Hbond substituents is 1. The monoisotopic (exact) mass is 236 g/mol. The normalized spacial score (nSPS) is 10.7. The number of hydrogen-bond acceptors (Lipinski definition) is 3. The molecule has 0 saturated heterocycles. The van der Waals surface area contributed by atoms with Crippen LogP contribution >= 0.6 is 0 Å². The molecule has 1 aromatic heterocycles. The summed E-state index contributed by atoms with van der Waals surface area (Å²) >= 11 is 0. The Morgan fingerprint density at radius 1 is 1.00 bits per heavy atom. The lowest BCUT2D eigenvalue weighted by atomic mass is 10.0. The van der Waals surface area contributed by atoms with Gasteiger partial charge >= 0.3 is 0 Å². The summed E-state index contributed by atoms with van der Waals surface area (Å²) in [6.45, 7) is 2.03. The van der Waals surface area contributed by atoms with Crippen molar-refractivity contribution in [1.29, 1.82) is 0 Å². The highest BCUT2D eigenvalue weighted by molar-refractivity contribution is 5.93. The third-order valence-electron chi connectivity index (χ3n) is 2.99. The number of rotatable bonds is 1. The second kappa shape index (κ2) is 4.11.